The van der Waals surface area contributed by atoms with Gasteiger partial charge in [-0.05, 0) is 67.7 Å². The van der Waals surface area contributed by atoms with E-state index in [1.165, 1.54) is 24.3 Å². The van der Waals surface area contributed by atoms with Crippen molar-refractivity contribution in [3.63, 3.8) is 0 Å². The van der Waals surface area contributed by atoms with Gasteiger partial charge in [-0.15, -0.1) is 0 Å². The van der Waals surface area contributed by atoms with Crippen LogP contribution in [-0.4, -0.2) is 27.4 Å². The fourth-order valence-corrected chi connectivity index (χ4v) is 3.88. The summed E-state index contributed by atoms with van der Waals surface area (Å²) in [5.41, 5.74) is 1.39. The second kappa shape index (κ2) is 8.62. The lowest BCUT2D eigenvalue weighted by Crippen LogP contribution is -2.32. The average molecular weight is 425 g/mol. The maximum absolute atomic E-state index is 13.0. The molecule has 0 spiro atoms. The second-order valence-corrected chi connectivity index (χ2v) is 7.46. The van der Waals surface area contributed by atoms with E-state index in [2.05, 4.69) is 15.6 Å². The molecule has 8 heteroatoms. The molecular weight excluding hydrogens is 403 g/mol. The maximum Gasteiger partial charge on any atom is 0.226 e. The molecule has 2 N–H and O–H groups in total. The van der Waals surface area contributed by atoms with Crippen molar-refractivity contribution in [2.75, 3.05) is 11.9 Å². The third-order valence-electron chi connectivity index (χ3n) is 4.96. The molecule has 1 aliphatic rings. The molecule has 30 heavy (non-hydrogen) atoms. The summed E-state index contributed by atoms with van der Waals surface area (Å²) in [4.78, 5) is 18.9. The van der Waals surface area contributed by atoms with Gasteiger partial charge >= 0.3 is 0 Å². The average Bonchev–Trinajstić information content (AvgIpc) is 3.31. The predicted octanol–water partition coefficient (Wildman–Crippen LogP) is 4.12. The zero-order valence-corrected chi connectivity index (χ0v) is 17.2. The van der Waals surface area contributed by atoms with Crippen molar-refractivity contribution in [3.05, 3.63) is 83.8 Å². The van der Waals surface area contributed by atoms with E-state index >= 15 is 0 Å². The molecule has 4 rings (SSSR count). The van der Waals surface area contributed by atoms with Gasteiger partial charge in [0, 0.05) is 24.8 Å². The molecule has 0 saturated carbocycles. The van der Waals surface area contributed by atoms with Gasteiger partial charge in [-0.3, -0.25) is 9.78 Å². The summed E-state index contributed by atoms with van der Waals surface area (Å²) in [6.45, 7) is 2.28. The normalized spacial score (nSPS) is 18.3. The van der Waals surface area contributed by atoms with Crippen molar-refractivity contribution >= 4 is 28.9 Å². The summed E-state index contributed by atoms with van der Waals surface area (Å²) in [6, 6.07) is 14.8. The van der Waals surface area contributed by atoms with Gasteiger partial charge in [0.05, 0.1) is 11.7 Å². The SMILES string of the molecule is Cc1ccc([C@@H]2[C@@H](c3ccccn3)NC(=S)N2CCC(=O)Nc2ccc(F)cc2)o1. The first kappa shape index (κ1) is 20.0. The number of hydrogen-bond donors (Lipinski definition) is 2. The van der Waals surface area contributed by atoms with Gasteiger partial charge in [-0.1, -0.05) is 6.07 Å². The summed E-state index contributed by atoms with van der Waals surface area (Å²) in [5, 5.41) is 6.64. The van der Waals surface area contributed by atoms with E-state index in [0.29, 0.717) is 17.3 Å². The van der Waals surface area contributed by atoms with Crippen LogP contribution in [0.15, 0.2) is 65.2 Å². The zero-order chi connectivity index (χ0) is 21.1. The summed E-state index contributed by atoms with van der Waals surface area (Å²) >= 11 is 5.57. The Bertz CT molecular complexity index is 1040. The number of aryl methyl sites for hydroxylation is 1. The highest BCUT2D eigenvalue weighted by Crippen LogP contribution is 2.39. The Hall–Kier alpha value is -3.26. The Kier molecular flexibility index (Phi) is 5.76. The van der Waals surface area contributed by atoms with Crippen LogP contribution < -0.4 is 10.6 Å². The van der Waals surface area contributed by atoms with Crippen molar-refractivity contribution < 1.29 is 13.6 Å². The van der Waals surface area contributed by atoms with Crippen LogP contribution in [-0.2, 0) is 4.79 Å². The van der Waals surface area contributed by atoms with E-state index in [1.807, 2.05) is 42.2 Å². The van der Waals surface area contributed by atoms with Gasteiger partial charge < -0.3 is 20.0 Å². The molecule has 1 saturated heterocycles. The molecule has 1 fully saturated rings. The zero-order valence-electron chi connectivity index (χ0n) is 16.3. The largest absolute Gasteiger partial charge is 0.464 e. The minimum Gasteiger partial charge on any atom is -0.464 e. The molecule has 1 aliphatic heterocycles. The quantitative estimate of drug-likeness (QED) is 0.580. The lowest BCUT2D eigenvalue weighted by atomic mass is 10.0. The van der Waals surface area contributed by atoms with E-state index < -0.39 is 0 Å². The van der Waals surface area contributed by atoms with E-state index in [0.717, 1.165) is 17.2 Å². The van der Waals surface area contributed by atoms with Gasteiger partial charge in [0.1, 0.15) is 23.4 Å². The van der Waals surface area contributed by atoms with Crippen LogP contribution in [0, 0.1) is 12.7 Å². The van der Waals surface area contributed by atoms with E-state index in [-0.39, 0.29) is 30.2 Å². The van der Waals surface area contributed by atoms with Crippen LogP contribution >= 0.6 is 12.2 Å². The molecule has 0 unspecified atom stereocenters. The van der Waals surface area contributed by atoms with E-state index in [4.69, 9.17) is 16.6 Å². The summed E-state index contributed by atoms with van der Waals surface area (Å²) in [6.07, 6.45) is 1.95. The molecular formula is C22H21FN4O2S. The first-order valence-electron chi connectivity index (χ1n) is 9.61. The van der Waals surface area contributed by atoms with Crippen LogP contribution in [0.4, 0.5) is 10.1 Å². The Balaban J connectivity index is 1.51. The molecule has 3 aromatic rings. The number of furan rings is 1. The van der Waals surface area contributed by atoms with E-state index in [9.17, 15) is 9.18 Å². The third-order valence-corrected chi connectivity index (χ3v) is 5.31. The van der Waals surface area contributed by atoms with Crippen LogP contribution in [0.5, 0.6) is 0 Å². The number of nitrogens with one attached hydrogen (secondary N) is 2. The molecule has 6 nitrogen and oxygen atoms in total. The highest BCUT2D eigenvalue weighted by atomic mass is 32.1. The third kappa shape index (κ3) is 4.33. The topological polar surface area (TPSA) is 70.4 Å². The molecule has 0 aliphatic carbocycles. The highest BCUT2D eigenvalue weighted by molar-refractivity contribution is 7.80. The molecule has 0 bridgehead atoms. The maximum atomic E-state index is 13.0. The van der Waals surface area contributed by atoms with Crippen LogP contribution in [0.1, 0.15) is 35.7 Å². The van der Waals surface area contributed by atoms with Crippen molar-refractivity contribution in [3.8, 4) is 0 Å². The molecule has 154 valence electrons. The summed E-state index contributed by atoms with van der Waals surface area (Å²) in [5.74, 6) is 1.03. The van der Waals surface area contributed by atoms with Gasteiger partial charge in [0.2, 0.25) is 5.91 Å². The molecule has 2 atom stereocenters. The second-order valence-electron chi connectivity index (χ2n) is 7.07. The molecule has 3 heterocycles. The molecule has 1 amide bonds. The van der Waals surface area contributed by atoms with Crippen LogP contribution in [0.3, 0.4) is 0 Å². The number of thiocarbonyl (C=S) groups is 1. The Morgan fingerprint density at radius 1 is 1.23 bits per heavy atom. The number of carbonyl (C=O) groups is 1. The number of hydrogen-bond acceptors (Lipinski definition) is 4. The number of benzene rings is 1. The van der Waals surface area contributed by atoms with Gasteiger partial charge in [0.15, 0.2) is 5.11 Å². The standard InChI is InChI=1S/C22H21FN4O2S/c1-14-5-10-18(29-14)21-20(17-4-2-3-12-24-17)26-22(30)27(21)13-11-19(28)25-16-8-6-15(23)7-9-16/h2-10,12,20-21H,11,13H2,1H3,(H,25,28)(H,26,30)/t20-,21-/m1/s1. The van der Waals surface area contributed by atoms with Gasteiger partial charge in [-0.2, -0.15) is 0 Å². The number of nitrogens with zero attached hydrogens (tertiary/aromatic N) is 2. The molecule has 1 aromatic carbocycles. The highest BCUT2D eigenvalue weighted by Gasteiger charge is 2.41. The summed E-state index contributed by atoms with van der Waals surface area (Å²) in [7, 11) is 0. The lowest BCUT2D eigenvalue weighted by molar-refractivity contribution is -0.116. The van der Waals surface area contributed by atoms with Crippen molar-refractivity contribution in [1.29, 1.82) is 0 Å². The minimum atomic E-state index is -0.348. The Labute approximate surface area is 179 Å². The number of rotatable bonds is 6. The number of halogens is 1. The number of anilines is 1. The van der Waals surface area contributed by atoms with E-state index in [1.54, 1.807) is 6.20 Å². The first-order chi connectivity index (χ1) is 14.5. The number of pyridine rings is 1. The van der Waals surface area contributed by atoms with Crippen LogP contribution in [0.25, 0.3) is 0 Å². The van der Waals surface area contributed by atoms with Crippen molar-refractivity contribution in [2.24, 2.45) is 0 Å². The lowest BCUT2D eigenvalue weighted by Gasteiger charge is -2.25. The van der Waals surface area contributed by atoms with Crippen molar-refractivity contribution in [2.45, 2.75) is 25.4 Å². The smallest absolute Gasteiger partial charge is 0.226 e. The van der Waals surface area contributed by atoms with Gasteiger partial charge in [-0.25, -0.2) is 4.39 Å². The van der Waals surface area contributed by atoms with Crippen molar-refractivity contribution in [1.82, 2.24) is 15.2 Å². The molecule has 0 radical (unpaired) electrons. The fraction of sp³-hybridized carbons (Fsp3) is 0.227. The Morgan fingerprint density at radius 2 is 2.03 bits per heavy atom. The molecule has 2 aromatic heterocycles. The van der Waals surface area contributed by atoms with Gasteiger partial charge in [0.25, 0.3) is 0 Å². The fourth-order valence-electron chi connectivity index (χ4n) is 3.55. The number of amides is 1. The number of carbonyl (C=O) groups excluding carboxylic acids is 1. The minimum absolute atomic E-state index is 0.180. The van der Waals surface area contributed by atoms with Crippen LogP contribution in [0.2, 0.25) is 0 Å². The first-order valence-corrected chi connectivity index (χ1v) is 10.0. The Morgan fingerprint density at radius 3 is 2.70 bits per heavy atom. The number of aromatic nitrogens is 1. The predicted molar refractivity (Wildman–Crippen MR) is 115 cm³/mol. The summed E-state index contributed by atoms with van der Waals surface area (Å²) < 4.78 is 19.0. The monoisotopic (exact) mass is 424 g/mol.